The van der Waals surface area contributed by atoms with Crippen molar-refractivity contribution in [1.29, 1.82) is 0 Å². The molecule has 0 spiro atoms. The van der Waals surface area contributed by atoms with E-state index in [4.69, 9.17) is 0 Å². The maximum Gasteiger partial charge on any atom is 0.251 e. The van der Waals surface area contributed by atoms with Gasteiger partial charge >= 0.3 is 0 Å². The van der Waals surface area contributed by atoms with Crippen molar-refractivity contribution in [3.63, 3.8) is 0 Å². The molecule has 2 aromatic rings. The Morgan fingerprint density at radius 3 is 1.65 bits per heavy atom. The van der Waals surface area contributed by atoms with Crippen molar-refractivity contribution in [2.75, 3.05) is 13.1 Å². The minimum absolute atomic E-state index is 0.0616. The van der Waals surface area contributed by atoms with Crippen molar-refractivity contribution in [2.45, 2.75) is 13.8 Å². The van der Waals surface area contributed by atoms with Gasteiger partial charge in [0.25, 0.3) is 11.8 Å². The smallest absolute Gasteiger partial charge is 0.251 e. The molecule has 0 aliphatic rings. The van der Waals surface area contributed by atoms with Crippen LogP contribution < -0.4 is 10.6 Å². The van der Waals surface area contributed by atoms with E-state index >= 15 is 0 Å². The average molecular weight is 352 g/mol. The maximum atomic E-state index is 12.1. The van der Waals surface area contributed by atoms with Crippen LogP contribution in [0.4, 0.5) is 0 Å². The second-order valence-corrected chi connectivity index (χ2v) is 5.78. The van der Waals surface area contributed by atoms with Crippen molar-refractivity contribution >= 4 is 23.4 Å². The Kier molecular flexibility index (Phi) is 6.38. The molecule has 0 saturated heterocycles. The van der Waals surface area contributed by atoms with E-state index in [0.717, 1.165) is 0 Å². The molecule has 26 heavy (non-hydrogen) atoms. The highest BCUT2D eigenvalue weighted by molar-refractivity contribution is 6.00. The van der Waals surface area contributed by atoms with E-state index in [9.17, 15) is 19.2 Å². The standard InChI is InChI=1S/C20H20N2O4/c1-13(23)15-6-8-16(9-7-15)19(25)21-10-11-22-20(26)18-5-3-4-17(12-18)14(2)24/h3-9,12H,10-11H2,1-2H3,(H,21,25)(H,22,26). The molecular formula is C20H20N2O4. The topological polar surface area (TPSA) is 92.3 Å². The van der Waals surface area contributed by atoms with Gasteiger partial charge in [0.2, 0.25) is 0 Å². The summed E-state index contributed by atoms with van der Waals surface area (Å²) in [6.45, 7) is 3.41. The van der Waals surface area contributed by atoms with E-state index in [1.807, 2.05) is 0 Å². The van der Waals surface area contributed by atoms with Crippen molar-refractivity contribution in [3.8, 4) is 0 Å². The molecule has 0 heterocycles. The van der Waals surface area contributed by atoms with Crippen LogP contribution in [0.15, 0.2) is 48.5 Å². The Labute approximate surface area is 151 Å². The molecule has 0 aromatic heterocycles. The van der Waals surface area contributed by atoms with Crippen LogP contribution in [0.2, 0.25) is 0 Å². The Balaban J connectivity index is 1.81. The van der Waals surface area contributed by atoms with E-state index in [2.05, 4.69) is 10.6 Å². The third kappa shape index (κ3) is 5.11. The van der Waals surface area contributed by atoms with E-state index < -0.39 is 0 Å². The third-order valence-electron chi connectivity index (χ3n) is 3.78. The van der Waals surface area contributed by atoms with E-state index in [1.54, 1.807) is 42.5 Å². The monoisotopic (exact) mass is 352 g/mol. The lowest BCUT2D eigenvalue weighted by Crippen LogP contribution is -2.34. The minimum atomic E-state index is -0.312. The minimum Gasteiger partial charge on any atom is -0.350 e. The number of amides is 2. The Bertz CT molecular complexity index is 841. The average Bonchev–Trinajstić information content (AvgIpc) is 2.65. The third-order valence-corrected chi connectivity index (χ3v) is 3.78. The lowest BCUT2D eigenvalue weighted by Gasteiger charge is -2.08. The Hall–Kier alpha value is -3.28. The molecule has 2 aromatic carbocycles. The van der Waals surface area contributed by atoms with E-state index in [1.165, 1.54) is 19.9 Å². The SMILES string of the molecule is CC(=O)c1ccc(C(=O)NCCNC(=O)c2cccc(C(C)=O)c2)cc1. The summed E-state index contributed by atoms with van der Waals surface area (Å²) in [5, 5.41) is 5.38. The summed E-state index contributed by atoms with van der Waals surface area (Å²) < 4.78 is 0. The number of hydrogen-bond acceptors (Lipinski definition) is 4. The highest BCUT2D eigenvalue weighted by Gasteiger charge is 2.09. The van der Waals surface area contributed by atoms with Gasteiger partial charge in [-0.05, 0) is 38.1 Å². The van der Waals surface area contributed by atoms with Gasteiger partial charge in [0.05, 0.1) is 0 Å². The first-order chi connectivity index (χ1) is 12.4. The zero-order valence-corrected chi connectivity index (χ0v) is 14.7. The predicted molar refractivity (Wildman–Crippen MR) is 97.6 cm³/mol. The fourth-order valence-corrected chi connectivity index (χ4v) is 2.29. The van der Waals surface area contributed by atoms with Crippen molar-refractivity contribution in [3.05, 3.63) is 70.8 Å². The summed E-state index contributed by atoms with van der Waals surface area (Å²) in [6, 6.07) is 12.8. The van der Waals surface area contributed by atoms with Crippen molar-refractivity contribution in [1.82, 2.24) is 10.6 Å². The maximum absolute atomic E-state index is 12.1. The molecular weight excluding hydrogens is 332 g/mol. The van der Waals surface area contributed by atoms with Gasteiger partial charge in [-0.2, -0.15) is 0 Å². The molecule has 0 fully saturated rings. The summed E-state index contributed by atoms with van der Waals surface area (Å²) in [4.78, 5) is 46.7. The van der Waals surface area contributed by atoms with Gasteiger partial charge in [0.15, 0.2) is 11.6 Å². The summed E-state index contributed by atoms with van der Waals surface area (Å²) in [5.74, 6) is -0.766. The molecule has 0 radical (unpaired) electrons. The largest absolute Gasteiger partial charge is 0.350 e. The Morgan fingerprint density at radius 1 is 0.654 bits per heavy atom. The number of carbonyl (C=O) groups is 4. The van der Waals surface area contributed by atoms with E-state index in [0.29, 0.717) is 22.3 Å². The fraction of sp³-hybridized carbons (Fsp3) is 0.200. The second kappa shape index (κ2) is 8.71. The zero-order chi connectivity index (χ0) is 19.1. The summed E-state index contributed by atoms with van der Waals surface area (Å²) in [7, 11) is 0. The lowest BCUT2D eigenvalue weighted by molar-refractivity contribution is 0.0927. The zero-order valence-electron chi connectivity index (χ0n) is 14.7. The quantitative estimate of drug-likeness (QED) is 0.590. The summed E-state index contributed by atoms with van der Waals surface area (Å²) in [6.07, 6.45) is 0. The molecule has 0 saturated carbocycles. The molecule has 6 heteroatoms. The first kappa shape index (κ1) is 19.1. The molecule has 0 bridgehead atoms. The molecule has 134 valence electrons. The van der Waals surface area contributed by atoms with Crippen LogP contribution >= 0.6 is 0 Å². The molecule has 0 aliphatic heterocycles. The molecule has 0 unspecified atom stereocenters. The highest BCUT2D eigenvalue weighted by atomic mass is 16.2. The molecule has 0 atom stereocenters. The lowest BCUT2D eigenvalue weighted by atomic mass is 10.1. The van der Waals surface area contributed by atoms with Crippen LogP contribution in [0.1, 0.15) is 55.3 Å². The predicted octanol–water partition coefficient (Wildman–Crippen LogP) is 2.25. The van der Waals surface area contributed by atoms with Crippen LogP contribution in [-0.2, 0) is 0 Å². The summed E-state index contributed by atoms with van der Waals surface area (Å²) >= 11 is 0. The van der Waals surface area contributed by atoms with Crippen LogP contribution in [0.25, 0.3) is 0 Å². The van der Waals surface area contributed by atoms with Crippen LogP contribution in [0.3, 0.4) is 0 Å². The number of hydrogen-bond donors (Lipinski definition) is 2. The number of benzene rings is 2. The molecule has 0 aliphatic carbocycles. The fourth-order valence-electron chi connectivity index (χ4n) is 2.29. The first-order valence-electron chi connectivity index (χ1n) is 8.17. The van der Waals surface area contributed by atoms with Gasteiger partial charge in [-0.25, -0.2) is 0 Å². The van der Waals surface area contributed by atoms with Crippen LogP contribution in [-0.4, -0.2) is 36.5 Å². The number of rotatable bonds is 7. The molecule has 6 nitrogen and oxygen atoms in total. The van der Waals surface area contributed by atoms with Gasteiger partial charge in [0, 0.05) is 35.3 Å². The molecule has 2 N–H and O–H groups in total. The molecule has 2 amide bonds. The molecule has 2 rings (SSSR count). The first-order valence-corrected chi connectivity index (χ1v) is 8.17. The van der Waals surface area contributed by atoms with Crippen LogP contribution in [0, 0.1) is 0 Å². The van der Waals surface area contributed by atoms with E-state index in [-0.39, 0.29) is 36.5 Å². The number of carbonyl (C=O) groups excluding carboxylic acids is 4. The van der Waals surface area contributed by atoms with Gasteiger partial charge in [-0.15, -0.1) is 0 Å². The number of nitrogens with one attached hydrogen (secondary N) is 2. The normalized spacial score (nSPS) is 10.1. The number of ketones is 2. The van der Waals surface area contributed by atoms with Crippen molar-refractivity contribution < 1.29 is 19.2 Å². The summed E-state index contributed by atoms with van der Waals surface area (Å²) in [5.41, 5.74) is 1.85. The number of Topliss-reactive ketones (excluding diaryl/α,β-unsaturated/α-hetero) is 2. The van der Waals surface area contributed by atoms with Gasteiger partial charge < -0.3 is 10.6 Å². The van der Waals surface area contributed by atoms with Gasteiger partial charge in [0.1, 0.15) is 0 Å². The van der Waals surface area contributed by atoms with Gasteiger partial charge in [-0.1, -0.05) is 24.3 Å². The van der Waals surface area contributed by atoms with Gasteiger partial charge in [-0.3, -0.25) is 19.2 Å². The Morgan fingerprint density at radius 2 is 1.12 bits per heavy atom. The second-order valence-electron chi connectivity index (χ2n) is 5.78. The highest BCUT2D eigenvalue weighted by Crippen LogP contribution is 2.06. The van der Waals surface area contributed by atoms with Crippen LogP contribution in [0.5, 0.6) is 0 Å². The van der Waals surface area contributed by atoms with Crippen molar-refractivity contribution in [2.24, 2.45) is 0 Å².